The van der Waals surface area contributed by atoms with Gasteiger partial charge >= 0.3 is 0 Å². The fraction of sp³-hybridized carbons (Fsp3) is 0.625. The molecule has 0 amide bonds. The van der Waals surface area contributed by atoms with Gasteiger partial charge in [-0.25, -0.2) is 4.98 Å². The number of fused-ring (bicyclic) bond motifs is 1. The highest BCUT2D eigenvalue weighted by Gasteiger charge is 2.19. The maximum absolute atomic E-state index is 9.31. The third-order valence-corrected chi connectivity index (χ3v) is 5.54. The van der Waals surface area contributed by atoms with Crippen LogP contribution in [0.15, 0.2) is 11.1 Å². The molecule has 0 atom stereocenters. The lowest BCUT2D eigenvalue weighted by Gasteiger charge is -2.17. The molecule has 100 valence electrons. The van der Waals surface area contributed by atoms with Gasteiger partial charge in [-0.2, -0.15) is 5.26 Å². The number of aryl methyl sites for hydroxylation is 2. The first-order chi connectivity index (χ1) is 9.36. The molecule has 2 nitrogen and oxygen atoms in total. The van der Waals surface area contributed by atoms with Crippen molar-refractivity contribution in [3.63, 3.8) is 0 Å². The van der Waals surface area contributed by atoms with Crippen LogP contribution in [-0.2, 0) is 12.8 Å². The number of nitrogens with zero attached hydrogens (tertiary/aromatic N) is 2. The molecule has 3 heteroatoms. The van der Waals surface area contributed by atoms with Crippen LogP contribution in [0.2, 0.25) is 0 Å². The highest BCUT2D eigenvalue weighted by molar-refractivity contribution is 7.99. The van der Waals surface area contributed by atoms with Gasteiger partial charge in [0, 0.05) is 11.4 Å². The summed E-state index contributed by atoms with van der Waals surface area (Å²) in [5.74, 6) is 1.98. The quantitative estimate of drug-likeness (QED) is 0.777. The Morgan fingerprint density at radius 1 is 1.21 bits per heavy atom. The summed E-state index contributed by atoms with van der Waals surface area (Å²) < 4.78 is 0. The minimum Gasteiger partial charge on any atom is -0.245 e. The minimum absolute atomic E-state index is 0.795. The lowest BCUT2D eigenvalue weighted by atomic mass is 9.95. The van der Waals surface area contributed by atoms with Gasteiger partial charge in [-0.15, -0.1) is 11.8 Å². The fourth-order valence-electron chi connectivity index (χ4n) is 3.18. The molecule has 0 radical (unpaired) electrons. The van der Waals surface area contributed by atoms with Gasteiger partial charge in [0.2, 0.25) is 0 Å². The molecular weight excluding hydrogens is 252 g/mol. The Bertz CT molecular complexity index is 498. The Hall–Kier alpha value is -1.01. The highest BCUT2D eigenvalue weighted by atomic mass is 32.2. The number of hydrogen-bond donors (Lipinski definition) is 0. The molecule has 0 saturated heterocycles. The van der Waals surface area contributed by atoms with Crippen molar-refractivity contribution in [3.8, 4) is 6.07 Å². The molecule has 19 heavy (non-hydrogen) atoms. The number of hydrogen-bond acceptors (Lipinski definition) is 3. The molecule has 0 aromatic carbocycles. The van der Waals surface area contributed by atoms with Crippen LogP contribution in [0.5, 0.6) is 0 Å². The normalized spacial score (nSPS) is 19.1. The van der Waals surface area contributed by atoms with Gasteiger partial charge in [0.05, 0.1) is 5.56 Å². The molecule has 1 aromatic heterocycles. The summed E-state index contributed by atoms with van der Waals surface area (Å²) >= 11 is 1.81. The first kappa shape index (κ1) is 13.0. The summed E-state index contributed by atoms with van der Waals surface area (Å²) in [5.41, 5.74) is 3.36. The Kier molecular flexibility index (Phi) is 4.08. The van der Waals surface area contributed by atoms with E-state index in [0.717, 1.165) is 35.1 Å². The molecule has 2 aliphatic carbocycles. The molecule has 0 bridgehead atoms. The van der Waals surface area contributed by atoms with E-state index in [0.29, 0.717) is 0 Å². The SMILES string of the molecule is N#Cc1cc2c(nc1SCC1CCCC1)CCCC2. The second kappa shape index (κ2) is 5.96. The van der Waals surface area contributed by atoms with E-state index in [1.165, 1.54) is 49.8 Å². The zero-order chi connectivity index (χ0) is 13.1. The minimum atomic E-state index is 0.795. The number of thioether (sulfide) groups is 1. The second-order valence-corrected chi connectivity index (χ2v) is 6.74. The highest BCUT2D eigenvalue weighted by Crippen LogP contribution is 2.33. The zero-order valence-electron chi connectivity index (χ0n) is 11.3. The number of nitriles is 1. The zero-order valence-corrected chi connectivity index (χ0v) is 12.1. The van der Waals surface area contributed by atoms with Gasteiger partial charge in [0.15, 0.2) is 0 Å². The van der Waals surface area contributed by atoms with Crippen molar-refractivity contribution in [1.82, 2.24) is 4.98 Å². The van der Waals surface area contributed by atoms with Crippen molar-refractivity contribution in [3.05, 3.63) is 22.9 Å². The largest absolute Gasteiger partial charge is 0.245 e. The first-order valence-corrected chi connectivity index (χ1v) is 8.41. The van der Waals surface area contributed by atoms with Crippen LogP contribution in [0, 0.1) is 17.2 Å². The topological polar surface area (TPSA) is 36.7 Å². The molecule has 1 aromatic rings. The van der Waals surface area contributed by atoms with Crippen molar-refractivity contribution >= 4 is 11.8 Å². The third kappa shape index (κ3) is 2.95. The van der Waals surface area contributed by atoms with Crippen LogP contribution < -0.4 is 0 Å². The number of rotatable bonds is 3. The maximum Gasteiger partial charge on any atom is 0.114 e. The van der Waals surface area contributed by atoms with Gasteiger partial charge in [0.25, 0.3) is 0 Å². The Balaban J connectivity index is 1.77. The van der Waals surface area contributed by atoms with Crippen molar-refractivity contribution in [1.29, 1.82) is 5.26 Å². The summed E-state index contributed by atoms with van der Waals surface area (Å²) in [7, 11) is 0. The lowest BCUT2D eigenvalue weighted by molar-refractivity contribution is 0.622. The van der Waals surface area contributed by atoms with Crippen LogP contribution in [0.3, 0.4) is 0 Å². The standard InChI is InChI=1S/C16H20N2S/c17-10-14-9-13-7-3-4-8-15(13)18-16(14)19-11-12-5-1-2-6-12/h9,12H,1-8,11H2. The van der Waals surface area contributed by atoms with Crippen LogP contribution in [0.4, 0.5) is 0 Å². The van der Waals surface area contributed by atoms with Crippen molar-refractivity contribution in [2.24, 2.45) is 5.92 Å². The van der Waals surface area contributed by atoms with Crippen LogP contribution in [0.25, 0.3) is 0 Å². The lowest BCUT2D eigenvalue weighted by Crippen LogP contribution is -2.08. The predicted molar refractivity (Wildman–Crippen MR) is 78.3 cm³/mol. The van der Waals surface area contributed by atoms with Gasteiger partial charge in [0.1, 0.15) is 11.1 Å². The van der Waals surface area contributed by atoms with E-state index in [1.807, 2.05) is 11.8 Å². The van der Waals surface area contributed by atoms with Crippen LogP contribution >= 0.6 is 11.8 Å². The van der Waals surface area contributed by atoms with Gasteiger partial charge in [-0.3, -0.25) is 0 Å². The summed E-state index contributed by atoms with van der Waals surface area (Å²) in [6.07, 6.45) is 10.2. The molecule has 1 heterocycles. The van der Waals surface area contributed by atoms with E-state index in [1.54, 1.807) is 0 Å². The van der Waals surface area contributed by atoms with E-state index in [2.05, 4.69) is 12.1 Å². The van der Waals surface area contributed by atoms with E-state index >= 15 is 0 Å². The summed E-state index contributed by atoms with van der Waals surface area (Å²) in [5, 5.41) is 10.3. The second-order valence-electron chi connectivity index (χ2n) is 5.73. The number of aromatic nitrogens is 1. The fourth-order valence-corrected chi connectivity index (χ4v) is 4.34. The third-order valence-electron chi connectivity index (χ3n) is 4.32. The summed E-state index contributed by atoms with van der Waals surface area (Å²) in [4.78, 5) is 4.79. The van der Waals surface area contributed by atoms with Crippen molar-refractivity contribution in [2.45, 2.75) is 56.4 Å². The Morgan fingerprint density at radius 3 is 2.79 bits per heavy atom. The smallest absolute Gasteiger partial charge is 0.114 e. The molecule has 1 saturated carbocycles. The molecule has 3 rings (SSSR count). The average molecular weight is 272 g/mol. The summed E-state index contributed by atoms with van der Waals surface area (Å²) in [6, 6.07) is 4.43. The molecule has 2 aliphatic rings. The molecule has 0 N–H and O–H groups in total. The molecular formula is C16H20N2S. The first-order valence-electron chi connectivity index (χ1n) is 7.42. The molecule has 0 spiro atoms. The number of pyridine rings is 1. The monoisotopic (exact) mass is 272 g/mol. The van der Waals surface area contributed by atoms with Crippen LogP contribution in [0.1, 0.15) is 55.3 Å². The molecule has 1 fully saturated rings. The molecule has 0 aliphatic heterocycles. The Labute approximate surface area is 119 Å². The Morgan fingerprint density at radius 2 is 2.00 bits per heavy atom. The van der Waals surface area contributed by atoms with Gasteiger partial charge < -0.3 is 0 Å². The average Bonchev–Trinajstić information content (AvgIpc) is 2.97. The van der Waals surface area contributed by atoms with E-state index in [-0.39, 0.29) is 0 Å². The summed E-state index contributed by atoms with van der Waals surface area (Å²) in [6.45, 7) is 0. The van der Waals surface area contributed by atoms with Gasteiger partial charge in [-0.1, -0.05) is 12.8 Å². The van der Waals surface area contributed by atoms with E-state index in [4.69, 9.17) is 4.98 Å². The molecule has 0 unspecified atom stereocenters. The van der Waals surface area contributed by atoms with Gasteiger partial charge in [-0.05, 0) is 56.1 Å². The van der Waals surface area contributed by atoms with E-state index in [9.17, 15) is 5.26 Å². The maximum atomic E-state index is 9.31. The predicted octanol–water partition coefficient (Wildman–Crippen LogP) is 4.11. The van der Waals surface area contributed by atoms with Crippen molar-refractivity contribution in [2.75, 3.05) is 5.75 Å². The van der Waals surface area contributed by atoms with Crippen molar-refractivity contribution < 1.29 is 0 Å². The van der Waals surface area contributed by atoms with Crippen LogP contribution in [-0.4, -0.2) is 10.7 Å². The van der Waals surface area contributed by atoms with E-state index < -0.39 is 0 Å².